The lowest BCUT2D eigenvalue weighted by Crippen LogP contribution is -2.22. The zero-order valence-corrected chi connectivity index (χ0v) is 14.0. The summed E-state index contributed by atoms with van der Waals surface area (Å²) in [7, 11) is 0. The number of benzene rings is 1. The van der Waals surface area contributed by atoms with Crippen LogP contribution in [0.3, 0.4) is 0 Å². The maximum Gasteiger partial charge on any atom is 0.0377 e. The number of hydrogen-bond donors (Lipinski definition) is 1. The lowest BCUT2D eigenvalue weighted by Gasteiger charge is -2.20. The Morgan fingerprint density at radius 2 is 1.89 bits per heavy atom. The van der Waals surface area contributed by atoms with Crippen LogP contribution in [0.15, 0.2) is 22.7 Å². The molecule has 0 bridgehead atoms. The highest BCUT2D eigenvalue weighted by molar-refractivity contribution is 9.10. The molecule has 2 atom stereocenters. The maximum atomic E-state index is 3.71. The van der Waals surface area contributed by atoms with Gasteiger partial charge in [-0.1, -0.05) is 49.7 Å². The van der Waals surface area contributed by atoms with E-state index in [1.165, 1.54) is 28.8 Å². The Balaban J connectivity index is 2.06. The quantitative estimate of drug-likeness (QED) is 0.899. The number of anilines is 1. The molecule has 0 spiro atoms. The molecule has 106 valence electrons. The molecule has 0 aromatic heterocycles. The monoisotopic (exact) mass is 324 g/mol. The van der Waals surface area contributed by atoms with Gasteiger partial charge in [-0.05, 0) is 29.5 Å². The van der Waals surface area contributed by atoms with Crippen molar-refractivity contribution in [1.29, 1.82) is 0 Å². The van der Waals surface area contributed by atoms with Crippen molar-refractivity contribution < 1.29 is 0 Å². The van der Waals surface area contributed by atoms with E-state index in [2.05, 4.69) is 72.0 Å². The molecule has 0 aliphatic carbocycles. The third-order valence-corrected chi connectivity index (χ3v) is 4.83. The lowest BCUT2D eigenvalue weighted by atomic mass is 10.0. The van der Waals surface area contributed by atoms with E-state index >= 15 is 0 Å². The van der Waals surface area contributed by atoms with Crippen LogP contribution in [0.4, 0.5) is 5.69 Å². The predicted molar refractivity (Wildman–Crippen MR) is 86.7 cm³/mol. The molecule has 1 fully saturated rings. The summed E-state index contributed by atoms with van der Waals surface area (Å²) in [6, 6.07) is 7.28. The van der Waals surface area contributed by atoms with Crippen LogP contribution < -0.4 is 10.2 Å². The summed E-state index contributed by atoms with van der Waals surface area (Å²) in [4.78, 5) is 2.50. The predicted octanol–water partition coefficient (Wildman–Crippen LogP) is 4.04. The van der Waals surface area contributed by atoms with Crippen LogP contribution in [-0.2, 0) is 6.54 Å². The highest BCUT2D eigenvalue weighted by Gasteiger charge is 2.26. The molecule has 1 aromatic carbocycles. The number of halogens is 1. The largest absolute Gasteiger partial charge is 0.371 e. The highest BCUT2D eigenvalue weighted by Crippen LogP contribution is 2.30. The third-order valence-electron chi connectivity index (χ3n) is 4.09. The van der Waals surface area contributed by atoms with Crippen molar-refractivity contribution in [1.82, 2.24) is 5.32 Å². The maximum absolute atomic E-state index is 3.71. The second-order valence-electron chi connectivity index (χ2n) is 6.17. The smallest absolute Gasteiger partial charge is 0.0377 e. The lowest BCUT2D eigenvalue weighted by molar-refractivity contribution is 0.494. The fourth-order valence-electron chi connectivity index (χ4n) is 2.53. The van der Waals surface area contributed by atoms with Crippen molar-refractivity contribution in [3.05, 3.63) is 28.2 Å². The van der Waals surface area contributed by atoms with E-state index in [1.807, 2.05) is 0 Å². The zero-order valence-electron chi connectivity index (χ0n) is 12.4. The first-order chi connectivity index (χ1) is 8.97. The van der Waals surface area contributed by atoms with E-state index in [9.17, 15) is 0 Å². The molecule has 0 saturated carbocycles. The second kappa shape index (κ2) is 6.27. The molecule has 1 aliphatic heterocycles. The number of nitrogens with one attached hydrogen (secondary N) is 1. The zero-order chi connectivity index (χ0) is 14.0. The Bertz CT molecular complexity index is 421. The van der Waals surface area contributed by atoms with Gasteiger partial charge in [0.05, 0.1) is 0 Å². The molecule has 0 radical (unpaired) electrons. The van der Waals surface area contributed by atoms with Crippen LogP contribution in [0, 0.1) is 11.8 Å². The van der Waals surface area contributed by atoms with E-state index < -0.39 is 0 Å². The molecule has 2 unspecified atom stereocenters. The summed E-state index contributed by atoms with van der Waals surface area (Å²) in [5, 5.41) is 3.46. The summed E-state index contributed by atoms with van der Waals surface area (Å²) in [5.74, 6) is 1.59. The Labute approximate surface area is 125 Å². The normalized spacial score (nSPS) is 23.4. The Morgan fingerprint density at radius 3 is 2.42 bits per heavy atom. The third kappa shape index (κ3) is 3.73. The second-order valence-corrected chi connectivity index (χ2v) is 7.03. The first kappa shape index (κ1) is 14.9. The van der Waals surface area contributed by atoms with Gasteiger partial charge in [0.15, 0.2) is 0 Å². The molecule has 2 nitrogen and oxygen atoms in total. The van der Waals surface area contributed by atoms with Crippen LogP contribution in [0.5, 0.6) is 0 Å². The minimum absolute atomic E-state index is 0.520. The minimum atomic E-state index is 0.520. The SMILES string of the molecule is CC(C)NCc1ccc(N2CC(C)C(C)C2)cc1Br. The summed E-state index contributed by atoms with van der Waals surface area (Å²) in [6.07, 6.45) is 0. The molecule has 0 amide bonds. The molecular weight excluding hydrogens is 300 g/mol. The summed E-state index contributed by atoms with van der Waals surface area (Å²) in [5.41, 5.74) is 2.68. The fourth-order valence-corrected chi connectivity index (χ4v) is 3.04. The van der Waals surface area contributed by atoms with Gasteiger partial charge in [0.1, 0.15) is 0 Å². The van der Waals surface area contributed by atoms with Gasteiger partial charge in [0.25, 0.3) is 0 Å². The van der Waals surface area contributed by atoms with Gasteiger partial charge in [0, 0.05) is 35.8 Å². The van der Waals surface area contributed by atoms with E-state index in [0.29, 0.717) is 6.04 Å². The van der Waals surface area contributed by atoms with Crippen LogP contribution in [0.25, 0.3) is 0 Å². The van der Waals surface area contributed by atoms with E-state index in [-0.39, 0.29) is 0 Å². The average Bonchev–Trinajstić information content (AvgIpc) is 2.68. The van der Waals surface area contributed by atoms with Gasteiger partial charge in [-0.15, -0.1) is 0 Å². The first-order valence-electron chi connectivity index (χ1n) is 7.24. The van der Waals surface area contributed by atoms with E-state index in [0.717, 1.165) is 18.4 Å². The Morgan fingerprint density at radius 1 is 1.26 bits per heavy atom. The van der Waals surface area contributed by atoms with Crippen molar-refractivity contribution in [2.75, 3.05) is 18.0 Å². The molecule has 1 heterocycles. The highest BCUT2D eigenvalue weighted by atomic mass is 79.9. The van der Waals surface area contributed by atoms with Crippen molar-refractivity contribution >= 4 is 21.6 Å². The van der Waals surface area contributed by atoms with E-state index in [4.69, 9.17) is 0 Å². The molecule has 1 aliphatic rings. The van der Waals surface area contributed by atoms with Gasteiger partial charge in [0.2, 0.25) is 0 Å². The summed E-state index contributed by atoms with van der Waals surface area (Å²) in [6.45, 7) is 12.3. The van der Waals surface area contributed by atoms with Crippen LogP contribution in [0.1, 0.15) is 33.3 Å². The van der Waals surface area contributed by atoms with Crippen molar-refractivity contribution in [2.45, 2.75) is 40.3 Å². The van der Waals surface area contributed by atoms with Crippen molar-refractivity contribution in [3.63, 3.8) is 0 Å². The Kier molecular flexibility index (Phi) is 4.91. The molecule has 2 rings (SSSR count). The minimum Gasteiger partial charge on any atom is -0.371 e. The molecule has 19 heavy (non-hydrogen) atoms. The van der Waals surface area contributed by atoms with Crippen LogP contribution in [-0.4, -0.2) is 19.1 Å². The van der Waals surface area contributed by atoms with Crippen molar-refractivity contribution in [3.8, 4) is 0 Å². The molecule has 3 heteroatoms. The molecule has 1 N–H and O–H groups in total. The molecular formula is C16H25BrN2. The topological polar surface area (TPSA) is 15.3 Å². The van der Waals surface area contributed by atoms with Gasteiger partial charge in [-0.2, -0.15) is 0 Å². The first-order valence-corrected chi connectivity index (χ1v) is 8.03. The number of nitrogens with zero attached hydrogens (tertiary/aromatic N) is 1. The molecule has 1 aromatic rings. The standard InChI is InChI=1S/C16H25BrN2/c1-11(2)18-8-14-5-6-15(7-16(14)17)19-9-12(3)13(4)10-19/h5-7,11-13,18H,8-10H2,1-4H3. The summed E-state index contributed by atoms with van der Waals surface area (Å²) < 4.78 is 1.21. The molecule has 1 saturated heterocycles. The van der Waals surface area contributed by atoms with Crippen LogP contribution in [0.2, 0.25) is 0 Å². The van der Waals surface area contributed by atoms with Gasteiger partial charge in [-0.25, -0.2) is 0 Å². The number of rotatable bonds is 4. The van der Waals surface area contributed by atoms with Gasteiger partial charge < -0.3 is 10.2 Å². The fraction of sp³-hybridized carbons (Fsp3) is 0.625. The summed E-state index contributed by atoms with van der Waals surface area (Å²) >= 11 is 3.71. The van der Waals surface area contributed by atoms with Crippen LogP contribution >= 0.6 is 15.9 Å². The Hall–Kier alpha value is -0.540. The van der Waals surface area contributed by atoms with Crippen molar-refractivity contribution in [2.24, 2.45) is 11.8 Å². The van der Waals surface area contributed by atoms with Gasteiger partial charge >= 0.3 is 0 Å². The van der Waals surface area contributed by atoms with E-state index in [1.54, 1.807) is 0 Å². The van der Waals surface area contributed by atoms with Gasteiger partial charge in [-0.3, -0.25) is 0 Å². The number of hydrogen-bond acceptors (Lipinski definition) is 2. The average molecular weight is 325 g/mol.